The maximum atomic E-state index is 11.0. The average Bonchev–Trinajstić information content (AvgIpc) is 2.21. The van der Waals surface area contributed by atoms with Crippen molar-refractivity contribution in [2.45, 2.75) is 30.7 Å². The fourth-order valence-electron chi connectivity index (χ4n) is 0.980. The minimum absolute atomic E-state index is 0.202. The first-order valence-electron chi connectivity index (χ1n) is 4.46. The van der Waals surface area contributed by atoms with E-state index in [4.69, 9.17) is 4.74 Å². The summed E-state index contributed by atoms with van der Waals surface area (Å²) in [5, 5.41) is 0.563. The van der Waals surface area contributed by atoms with Gasteiger partial charge in [0.1, 0.15) is 10.9 Å². The molecule has 2 unspecified atom stereocenters. The zero-order valence-electron chi connectivity index (χ0n) is 8.66. The highest BCUT2D eigenvalue weighted by Gasteiger charge is 2.18. The van der Waals surface area contributed by atoms with E-state index in [0.717, 1.165) is 0 Å². The summed E-state index contributed by atoms with van der Waals surface area (Å²) in [5.41, 5.74) is 0. The summed E-state index contributed by atoms with van der Waals surface area (Å²) < 4.78 is 9.56. The molecule has 0 radical (unpaired) electrons. The molecule has 0 bridgehead atoms. The summed E-state index contributed by atoms with van der Waals surface area (Å²) in [4.78, 5) is 21.4. The van der Waals surface area contributed by atoms with Crippen LogP contribution in [0.1, 0.15) is 19.8 Å². The molecule has 0 aliphatic heterocycles. The molecule has 0 saturated heterocycles. The molecule has 88 valence electrons. The predicted molar refractivity (Wildman–Crippen MR) is 63.3 cm³/mol. The van der Waals surface area contributed by atoms with E-state index in [9.17, 15) is 9.59 Å². The van der Waals surface area contributed by atoms with Gasteiger partial charge in [0.2, 0.25) is 0 Å². The number of carbonyl (C=O) groups excluding carboxylic acids is 2. The molecule has 0 saturated carbocycles. The van der Waals surface area contributed by atoms with Crippen LogP contribution >= 0.6 is 31.9 Å². The van der Waals surface area contributed by atoms with Crippen LogP contribution < -0.4 is 0 Å². The number of halogens is 2. The fourth-order valence-corrected chi connectivity index (χ4v) is 1.89. The van der Waals surface area contributed by atoms with Gasteiger partial charge in [0.15, 0.2) is 0 Å². The van der Waals surface area contributed by atoms with Crippen LogP contribution in [-0.2, 0) is 19.1 Å². The molecule has 0 spiro atoms. The zero-order chi connectivity index (χ0) is 11.8. The summed E-state index contributed by atoms with van der Waals surface area (Å²) in [5.74, 6) is -0.630. The van der Waals surface area contributed by atoms with E-state index in [1.807, 2.05) is 0 Å². The second-order valence-electron chi connectivity index (χ2n) is 2.95. The van der Waals surface area contributed by atoms with Gasteiger partial charge in [0, 0.05) is 12.3 Å². The Kier molecular flexibility index (Phi) is 8.04. The highest BCUT2D eigenvalue weighted by Crippen LogP contribution is 2.14. The Morgan fingerprint density at radius 1 is 1.33 bits per heavy atom. The molecule has 0 aliphatic rings. The highest BCUT2D eigenvalue weighted by molar-refractivity contribution is 9.10. The normalized spacial score (nSPS) is 14.1. The number of alkyl halides is 2. The van der Waals surface area contributed by atoms with E-state index in [-0.39, 0.29) is 22.9 Å². The van der Waals surface area contributed by atoms with Gasteiger partial charge in [-0.1, -0.05) is 31.9 Å². The minimum atomic E-state index is -0.348. The van der Waals surface area contributed by atoms with Crippen LogP contribution in [0.5, 0.6) is 0 Å². The van der Waals surface area contributed by atoms with Gasteiger partial charge in [-0.2, -0.15) is 0 Å². The van der Waals surface area contributed by atoms with Crippen molar-refractivity contribution in [3.05, 3.63) is 0 Å². The van der Waals surface area contributed by atoms with Crippen LogP contribution in [0.2, 0.25) is 0 Å². The molecular weight excluding hydrogens is 332 g/mol. The van der Waals surface area contributed by atoms with Crippen molar-refractivity contribution in [2.75, 3.05) is 12.4 Å². The predicted octanol–water partition coefficient (Wildman–Crippen LogP) is 2.03. The summed E-state index contributed by atoms with van der Waals surface area (Å²) in [6.45, 7) is 1.36. The Labute approximate surface area is 106 Å². The number of esters is 2. The van der Waals surface area contributed by atoms with E-state index in [1.165, 1.54) is 14.0 Å². The number of carbonyl (C=O) groups is 2. The van der Waals surface area contributed by atoms with Gasteiger partial charge in [0.05, 0.1) is 7.11 Å². The molecule has 0 aromatic rings. The van der Waals surface area contributed by atoms with Crippen LogP contribution in [0.25, 0.3) is 0 Å². The highest BCUT2D eigenvalue weighted by atomic mass is 79.9. The number of hydrogen-bond donors (Lipinski definition) is 0. The Morgan fingerprint density at radius 2 is 1.93 bits per heavy atom. The van der Waals surface area contributed by atoms with Crippen molar-refractivity contribution in [3.8, 4) is 0 Å². The third kappa shape index (κ3) is 6.89. The Bertz CT molecular complexity index is 220. The topological polar surface area (TPSA) is 52.6 Å². The van der Waals surface area contributed by atoms with Crippen LogP contribution in [0.3, 0.4) is 0 Å². The van der Waals surface area contributed by atoms with Crippen molar-refractivity contribution in [1.82, 2.24) is 0 Å². The van der Waals surface area contributed by atoms with Crippen LogP contribution in [0, 0.1) is 0 Å². The molecule has 0 heterocycles. The first-order chi connectivity index (χ1) is 7.01. The lowest BCUT2D eigenvalue weighted by molar-refractivity contribution is -0.145. The molecule has 0 aromatic heterocycles. The van der Waals surface area contributed by atoms with Gasteiger partial charge in [-0.25, -0.2) is 0 Å². The largest absolute Gasteiger partial charge is 0.468 e. The molecular formula is C9H14Br2O4. The first kappa shape index (κ1) is 14.9. The Morgan fingerprint density at radius 3 is 2.33 bits per heavy atom. The Balaban J connectivity index is 3.89. The van der Waals surface area contributed by atoms with Gasteiger partial charge in [0.25, 0.3) is 0 Å². The number of methoxy groups -OCH3 is 1. The number of hydrogen-bond acceptors (Lipinski definition) is 4. The van der Waals surface area contributed by atoms with E-state index < -0.39 is 0 Å². The second kappa shape index (κ2) is 8.10. The first-order valence-corrected chi connectivity index (χ1v) is 6.50. The van der Waals surface area contributed by atoms with Gasteiger partial charge in [-0.15, -0.1) is 0 Å². The molecule has 0 amide bonds. The van der Waals surface area contributed by atoms with Gasteiger partial charge in [-0.05, 0) is 12.8 Å². The zero-order valence-corrected chi connectivity index (χ0v) is 11.8. The lowest BCUT2D eigenvalue weighted by atomic mass is 10.2. The number of rotatable bonds is 6. The molecule has 4 nitrogen and oxygen atoms in total. The van der Waals surface area contributed by atoms with Crippen molar-refractivity contribution in [1.29, 1.82) is 0 Å². The van der Waals surface area contributed by atoms with Gasteiger partial charge >= 0.3 is 11.9 Å². The lowest BCUT2D eigenvalue weighted by Gasteiger charge is -2.15. The third-order valence-electron chi connectivity index (χ3n) is 1.70. The monoisotopic (exact) mass is 344 g/mol. The minimum Gasteiger partial charge on any atom is -0.468 e. The molecule has 0 fully saturated rings. The van der Waals surface area contributed by atoms with E-state index in [2.05, 4.69) is 36.6 Å². The summed E-state index contributed by atoms with van der Waals surface area (Å²) in [7, 11) is 1.34. The molecule has 0 aromatic carbocycles. The number of ether oxygens (including phenoxy) is 2. The summed E-state index contributed by atoms with van der Waals surface area (Å²) >= 11 is 6.44. The Hall–Kier alpha value is -0.100. The van der Waals surface area contributed by atoms with Crippen LogP contribution in [0.4, 0.5) is 0 Å². The molecule has 0 N–H and O–H groups in total. The smallest absolute Gasteiger partial charge is 0.319 e. The maximum absolute atomic E-state index is 11.0. The van der Waals surface area contributed by atoms with E-state index >= 15 is 0 Å². The molecule has 6 heteroatoms. The molecule has 15 heavy (non-hydrogen) atoms. The summed E-state index contributed by atoms with van der Waals surface area (Å²) in [6, 6.07) is 0. The van der Waals surface area contributed by atoms with Crippen molar-refractivity contribution in [3.63, 3.8) is 0 Å². The average molecular weight is 346 g/mol. The lowest BCUT2D eigenvalue weighted by Crippen LogP contribution is -2.22. The second-order valence-corrected chi connectivity index (χ2v) is 4.71. The SMILES string of the molecule is COC(=O)C(Br)CCC(CBr)OC(C)=O. The molecule has 2 atom stereocenters. The van der Waals surface area contributed by atoms with Crippen molar-refractivity contribution in [2.24, 2.45) is 0 Å². The van der Waals surface area contributed by atoms with E-state index in [1.54, 1.807) is 0 Å². The van der Waals surface area contributed by atoms with Gasteiger partial charge < -0.3 is 9.47 Å². The third-order valence-corrected chi connectivity index (χ3v) is 3.26. The summed E-state index contributed by atoms with van der Waals surface area (Å²) in [6.07, 6.45) is 0.971. The molecule has 0 rings (SSSR count). The quantitative estimate of drug-likeness (QED) is 0.546. The standard InChI is InChI=1S/C9H14Br2O4/c1-6(12)15-7(5-10)3-4-8(11)9(13)14-2/h7-8H,3-5H2,1-2H3. The van der Waals surface area contributed by atoms with Crippen LogP contribution in [0.15, 0.2) is 0 Å². The van der Waals surface area contributed by atoms with E-state index in [0.29, 0.717) is 18.2 Å². The fraction of sp³-hybridized carbons (Fsp3) is 0.778. The maximum Gasteiger partial charge on any atom is 0.319 e. The van der Waals surface area contributed by atoms with Crippen LogP contribution in [-0.4, -0.2) is 35.3 Å². The van der Waals surface area contributed by atoms with Crippen molar-refractivity contribution >= 4 is 43.8 Å². The molecule has 0 aliphatic carbocycles. The van der Waals surface area contributed by atoms with Crippen molar-refractivity contribution < 1.29 is 19.1 Å². The van der Waals surface area contributed by atoms with Gasteiger partial charge in [-0.3, -0.25) is 9.59 Å².